The van der Waals surface area contributed by atoms with Gasteiger partial charge in [-0.3, -0.25) is 4.79 Å². The van der Waals surface area contributed by atoms with Gasteiger partial charge in [0.1, 0.15) is 11.5 Å². The molecular weight excluding hydrogens is 256 g/mol. The van der Waals surface area contributed by atoms with Crippen molar-refractivity contribution in [1.82, 2.24) is 10.6 Å². The number of carbonyl (C=O) groups is 1. The second-order valence-electron chi connectivity index (χ2n) is 4.90. The molecule has 1 saturated heterocycles. The van der Waals surface area contributed by atoms with E-state index in [4.69, 9.17) is 9.47 Å². The Morgan fingerprint density at radius 2 is 2.20 bits per heavy atom. The first-order valence-corrected chi connectivity index (χ1v) is 6.96. The SMILES string of the molecule is COc1ccc(OC)c(CNC(=O)[C@@H]2CCCCN2)c1. The summed E-state index contributed by atoms with van der Waals surface area (Å²) in [5, 5.41) is 6.20. The second kappa shape index (κ2) is 7.14. The van der Waals surface area contributed by atoms with Gasteiger partial charge in [0.05, 0.1) is 20.3 Å². The number of hydrogen-bond acceptors (Lipinski definition) is 4. The van der Waals surface area contributed by atoms with E-state index in [0.29, 0.717) is 6.54 Å². The summed E-state index contributed by atoms with van der Waals surface area (Å²) in [6.45, 7) is 1.36. The first-order chi connectivity index (χ1) is 9.74. The van der Waals surface area contributed by atoms with Gasteiger partial charge in [-0.1, -0.05) is 6.42 Å². The van der Waals surface area contributed by atoms with Crippen molar-refractivity contribution < 1.29 is 14.3 Å². The fraction of sp³-hybridized carbons (Fsp3) is 0.533. The molecular formula is C15H22N2O3. The summed E-state index contributed by atoms with van der Waals surface area (Å²) in [7, 11) is 3.24. The van der Waals surface area contributed by atoms with Crippen molar-refractivity contribution in [2.45, 2.75) is 31.8 Å². The molecule has 1 atom stereocenters. The highest BCUT2D eigenvalue weighted by atomic mass is 16.5. The number of hydrogen-bond donors (Lipinski definition) is 2. The van der Waals surface area contributed by atoms with Crippen molar-refractivity contribution in [2.24, 2.45) is 0 Å². The second-order valence-corrected chi connectivity index (χ2v) is 4.90. The number of ether oxygens (including phenoxy) is 2. The molecule has 1 aromatic carbocycles. The number of carbonyl (C=O) groups excluding carboxylic acids is 1. The van der Waals surface area contributed by atoms with Crippen molar-refractivity contribution in [3.8, 4) is 11.5 Å². The predicted molar refractivity (Wildman–Crippen MR) is 77.0 cm³/mol. The molecule has 0 aliphatic carbocycles. The Bertz CT molecular complexity index is 456. The average molecular weight is 278 g/mol. The molecule has 20 heavy (non-hydrogen) atoms. The lowest BCUT2D eigenvalue weighted by Crippen LogP contribution is -2.46. The van der Waals surface area contributed by atoms with Crippen LogP contribution in [0.25, 0.3) is 0 Å². The molecule has 1 aromatic rings. The van der Waals surface area contributed by atoms with Crippen LogP contribution in [0.3, 0.4) is 0 Å². The van der Waals surface area contributed by atoms with Crippen LogP contribution in [0, 0.1) is 0 Å². The van der Waals surface area contributed by atoms with Crippen LogP contribution in [0.4, 0.5) is 0 Å². The molecule has 5 nitrogen and oxygen atoms in total. The lowest BCUT2D eigenvalue weighted by molar-refractivity contribution is -0.123. The molecule has 0 saturated carbocycles. The maximum atomic E-state index is 12.1. The van der Waals surface area contributed by atoms with Gasteiger partial charge in [-0.25, -0.2) is 0 Å². The molecule has 0 aromatic heterocycles. The molecule has 0 bridgehead atoms. The van der Waals surface area contributed by atoms with E-state index in [9.17, 15) is 4.79 Å². The first kappa shape index (κ1) is 14.7. The minimum Gasteiger partial charge on any atom is -0.497 e. The molecule has 5 heteroatoms. The summed E-state index contributed by atoms with van der Waals surface area (Å²) < 4.78 is 10.5. The molecule has 1 heterocycles. The quantitative estimate of drug-likeness (QED) is 0.856. The largest absolute Gasteiger partial charge is 0.497 e. The van der Waals surface area contributed by atoms with E-state index in [1.165, 1.54) is 0 Å². The van der Waals surface area contributed by atoms with Gasteiger partial charge in [0.15, 0.2) is 0 Å². The van der Waals surface area contributed by atoms with Gasteiger partial charge in [-0.05, 0) is 37.6 Å². The zero-order valence-corrected chi connectivity index (χ0v) is 12.1. The standard InChI is InChI=1S/C15H22N2O3/c1-19-12-6-7-14(20-2)11(9-12)10-17-15(18)13-5-3-4-8-16-13/h6-7,9,13,16H,3-5,8,10H2,1-2H3,(H,17,18)/t13-/m0/s1. The number of rotatable bonds is 5. The third-order valence-electron chi connectivity index (χ3n) is 3.57. The van der Waals surface area contributed by atoms with Crippen LogP contribution in [-0.4, -0.2) is 32.7 Å². The zero-order valence-electron chi connectivity index (χ0n) is 12.1. The summed E-state index contributed by atoms with van der Waals surface area (Å²) in [6.07, 6.45) is 3.15. The molecule has 2 rings (SSSR count). The summed E-state index contributed by atoms with van der Waals surface area (Å²) in [5.74, 6) is 1.56. The van der Waals surface area contributed by atoms with E-state index in [1.54, 1.807) is 14.2 Å². The number of methoxy groups -OCH3 is 2. The minimum atomic E-state index is -0.0691. The number of benzene rings is 1. The van der Waals surface area contributed by atoms with Crippen LogP contribution in [0.1, 0.15) is 24.8 Å². The summed E-state index contributed by atoms with van der Waals surface area (Å²) in [4.78, 5) is 12.1. The molecule has 0 spiro atoms. The lowest BCUT2D eigenvalue weighted by atomic mass is 10.0. The van der Waals surface area contributed by atoms with Crippen molar-refractivity contribution in [3.63, 3.8) is 0 Å². The Morgan fingerprint density at radius 1 is 1.35 bits per heavy atom. The van der Waals surface area contributed by atoms with Crippen LogP contribution >= 0.6 is 0 Å². The Morgan fingerprint density at radius 3 is 2.85 bits per heavy atom. The maximum absolute atomic E-state index is 12.1. The van der Waals surface area contributed by atoms with Gasteiger partial charge in [-0.2, -0.15) is 0 Å². The Labute approximate surface area is 119 Å². The van der Waals surface area contributed by atoms with E-state index >= 15 is 0 Å². The number of nitrogens with one attached hydrogen (secondary N) is 2. The number of amides is 1. The first-order valence-electron chi connectivity index (χ1n) is 6.96. The van der Waals surface area contributed by atoms with Crippen molar-refractivity contribution in [3.05, 3.63) is 23.8 Å². The predicted octanol–water partition coefficient (Wildman–Crippen LogP) is 1.46. The zero-order chi connectivity index (χ0) is 14.4. The summed E-state index contributed by atoms with van der Waals surface area (Å²) in [6, 6.07) is 5.50. The van der Waals surface area contributed by atoms with Crippen molar-refractivity contribution in [2.75, 3.05) is 20.8 Å². The molecule has 0 unspecified atom stereocenters. The molecule has 1 fully saturated rings. The molecule has 1 amide bonds. The Balaban J connectivity index is 1.96. The van der Waals surface area contributed by atoms with Crippen molar-refractivity contribution >= 4 is 5.91 Å². The third-order valence-corrected chi connectivity index (χ3v) is 3.57. The monoisotopic (exact) mass is 278 g/mol. The van der Waals surface area contributed by atoms with Crippen LogP contribution in [0.15, 0.2) is 18.2 Å². The van der Waals surface area contributed by atoms with Gasteiger partial charge in [-0.15, -0.1) is 0 Å². The van der Waals surface area contributed by atoms with Gasteiger partial charge < -0.3 is 20.1 Å². The van der Waals surface area contributed by atoms with Gasteiger partial charge in [0.2, 0.25) is 5.91 Å². The fourth-order valence-corrected chi connectivity index (χ4v) is 2.40. The normalized spacial score (nSPS) is 18.4. The lowest BCUT2D eigenvalue weighted by Gasteiger charge is -2.22. The van der Waals surface area contributed by atoms with Crippen LogP contribution < -0.4 is 20.1 Å². The molecule has 1 aliphatic rings. The van der Waals surface area contributed by atoms with Gasteiger partial charge >= 0.3 is 0 Å². The third kappa shape index (κ3) is 3.63. The number of piperidine rings is 1. The topological polar surface area (TPSA) is 59.6 Å². The summed E-state index contributed by atoms with van der Waals surface area (Å²) >= 11 is 0. The highest BCUT2D eigenvalue weighted by Crippen LogP contribution is 2.23. The van der Waals surface area contributed by atoms with Crippen LogP contribution in [0.2, 0.25) is 0 Å². The minimum absolute atomic E-state index is 0.0505. The molecule has 1 aliphatic heterocycles. The van der Waals surface area contributed by atoms with Gasteiger partial charge in [0.25, 0.3) is 0 Å². The molecule has 0 radical (unpaired) electrons. The highest BCUT2D eigenvalue weighted by Gasteiger charge is 2.20. The smallest absolute Gasteiger partial charge is 0.237 e. The Hall–Kier alpha value is -1.75. The highest BCUT2D eigenvalue weighted by molar-refractivity contribution is 5.81. The van der Waals surface area contributed by atoms with Crippen molar-refractivity contribution in [1.29, 1.82) is 0 Å². The van der Waals surface area contributed by atoms with Crippen LogP contribution in [0.5, 0.6) is 11.5 Å². The maximum Gasteiger partial charge on any atom is 0.237 e. The van der Waals surface area contributed by atoms with E-state index in [0.717, 1.165) is 42.9 Å². The Kier molecular flexibility index (Phi) is 5.24. The van der Waals surface area contributed by atoms with E-state index in [2.05, 4.69) is 10.6 Å². The average Bonchev–Trinajstić information content (AvgIpc) is 2.53. The van der Waals surface area contributed by atoms with Crippen LogP contribution in [-0.2, 0) is 11.3 Å². The fourth-order valence-electron chi connectivity index (χ4n) is 2.40. The molecule has 110 valence electrons. The van der Waals surface area contributed by atoms with Gasteiger partial charge in [0, 0.05) is 12.1 Å². The molecule has 2 N–H and O–H groups in total. The summed E-state index contributed by atoms with van der Waals surface area (Å²) in [5.41, 5.74) is 0.913. The van der Waals surface area contributed by atoms with E-state index in [1.807, 2.05) is 18.2 Å². The van der Waals surface area contributed by atoms with E-state index < -0.39 is 0 Å². The van der Waals surface area contributed by atoms with E-state index in [-0.39, 0.29) is 11.9 Å².